The quantitative estimate of drug-likeness (QED) is 0.314. The number of hydrogen-bond acceptors (Lipinski definition) is 4. The lowest BCUT2D eigenvalue weighted by atomic mass is 10.0. The molecule has 1 aliphatic rings. The lowest BCUT2D eigenvalue weighted by molar-refractivity contribution is 0.402. The molecule has 1 saturated heterocycles. The minimum atomic E-state index is -0.197. The topological polar surface area (TPSA) is 51.6 Å². The van der Waals surface area contributed by atoms with Gasteiger partial charge in [0, 0.05) is 34.3 Å². The molecule has 2 aromatic carbocycles. The van der Waals surface area contributed by atoms with Crippen LogP contribution in [0.2, 0.25) is 0 Å². The van der Waals surface area contributed by atoms with E-state index in [0.717, 1.165) is 33.0 Å². The number of hydrogen-bond donors (Lipinski definition) is 1. The summed E-state index contributed by atoms with van der Waals surface area (Å²) in [6.07, 6.45) is 3.87. The third kappa shape index (κ3) is 4.03. The highest BCUT2D eigenvalue weighted by Gasteiger charge is 2.43. The van der Waals surface area contributed by atoms with E-state index >= 15 is 0 Å². The highest BCUT2D eigenvalue weighted by molar-refractivity contribution is 9.10. The molecule has 34 heavy (non-hydrogen) atoms. The van der Waals surface area contributed by atoms with Crippen LogP contribution in [0.1, 0.15) is 23.5 Å². The van der Waals surface area contributed by atoms with Gasteiger partial charge in [0.05, 0.1) is 31.6 Å². The van der Waals surface area contributed by atoms with E-state index in [2.05, 4.69) is 60.1 Å². The van der Waals surface area contributed by atoms with Crippen molar-refractivity contribution in [3.63, 3.8) is 0 Å². The molecule has 0 spiro atoms. The fourth-order valence-corrected chi connectivity index (χ4v) is 5.12. The van der Waals surface area contributed by atoms with Crippen molar-refractivity contribution in [2.45, 2.75) is 12.1 Å². The van der Waals surface area contributed by atoms with Crippen LogP contribution in [-0.2, 0) is 0 Å². The summed E-state index contributed by atoms with van der Waals surface area (Å²) in [7, 11) is 3.31. The molecule has 3 heterocycles. The van der Waals surface area contributed by atoms with Gasteiger partial charge in [-0.3, -0.25) is 4.98 Å². The molecule has 1 N–H and O–H groups in total. The van der Waals surface area contributed by atoms with E-state index in [1.165, 1.54) is 0 Å². The molecular formula is C26H23BrN4O2S. The van der Waals surface area contributed by atoms with Gasteiger partial charge >= 0.3 is 0 Å². The van der Waals surface area contributed by atoms with Gasteiger partial charge in [0.1, 0.15) is 17.5 Å². The van der Waals surface area contributed by atoms with Gasteiger partial charge in [0.2, 0.25) is 0 Å². The van der Waals surface area contributed by atoms with Crippen molar-refractivity contribution < 1.29 is 9.47 Å². The smallest absolute Gasteiger partial charge is 0.174 e. The second-order valence-electron chi connectivity index (χ2n) is 7.82. The molecule has 2 unspecified atom stereocenters. The van der Waals surface area contributed by atoms with Gasteiger partial charge in [-0.2, -0.15) is 0 Å². The summed E-state index contributed by atoms with van der Waals surface area (Å²) in [5.41, 5.74) is 3.83. The normalized spacial score (nSPS) is 17.5. The van der Waals surface area contributed by atoms with Crippen LogP contribution in [0.5, 0.6) is 11.5 Å². The van der Waals surface area contributed by atoms with Gasteiger partial charge in [-0.05, 0) is 66.8 Å². The number of ether oxygens (including phenoxy) is 2. The van der Waals surface area contributed by atoms with Crippen molar-refractivity contribution >= 4 is 38.9 Å². The molecule has 0 aliphatic carbocycles. The molecule has 1 aliphatic heterocycles. The second-order valence-corrected chi connectivity index (χ2v) is 9.12. The summed E-state index contributed by atoms with van der Waals surface area (Å²) >= 11 is 9.49. The van der Waals surface area contributed by atoms with Crippen LogP contribution < -0.4 is 19.7 Å². The summed E-state index contributed by atoms with van der Waals surface area (Å²) in [4.78, 5) is 6.75. The minimum Gasteiger partial charge on any atom is -0.497 e. The Labute approximate surface area is 212 Å². The molecule has 5 rings (SSSR count). The maximum atomic E-state index is 5.89. The van der Waals surface area contributed by atoms with Crippen LogP contribution in [-0.4, -0.2) is 28.9 Å². The van der Waals surface area contributed by atoms with E-state index in [1.54, 1.807) is 20.4 Å². The SMILES string of the molecule is COc1ccc(OC)c(N2C(=S)NC(c3ccccn3)C2c2cccn2-c2cccc(Br)c2)c1. The first-order valence-corrected chi connectivity index (χ1v) is 12.0. The molecule has 1 fully saturated rings. The van der Waals surface area contributed by atoms with Gasteiger partial charge in [-0.15, -0.1) is 0 Å². The number of anilines is 1. The standard InChI is InChI=1S/C26H23BrN4O2S/c1-32-19-11-12-23(33-2)22(16-19)31-25(24(29-26(31)34)20-9-3-4-13-28-20)21-10-6-14-30(21)18-8-5-7-17(27)15-18/h3-16,24-25H,1-2H3,(H,29,34). The third-order valence-corrected chi connectivity index (χ3v) is 6.72. The van der Waals surface area contributed by atoms with Gasteiger partial charge < -0.3 is 24.3 Å². The summed E-state index contributed by atoms with van der Waals surface area (Å²) in [6, 6.07) is 23.7. The molecule has 172 valence electrons. The van der Waals surface area contributed by atoms with E-state index in [4.69, 9.17) is 21.7 Å². The van der Waals surface area contributed by atoms with Gasteiger partial charge in [-0.1, -0.05) is 28.1 Å². The number of nitrogens with zero attached hydrogens (tertiary/aromatic N) is 3. The zero-order chi connectivity index (χ0) is 23.7. The average molecular weight is 535 g/mol. The van der Waals surface area contributed by atoms with E-state index in [1.807, 2.05) is 54.6 Å². The highest BCUT2D eigenvalue weighted by atomic mass is 79.9. The predicted octanol–water partition coefficient (Wildman–Crippen LogP) is 5.83. The molecule has 0 bridgehead atoms. The lowest BCUT2D eigenvalue weighted by Gasteiger charge is -2.30. The number of halogens is 1. The molecule has 0 amide bonds. The molecule has 2 atom stereocenters. The Morgan fingerprint density at radius 2 is 1.85 bits per heavy atom. The lowest BCUT2D eigenvalue weighted by Crippen LogP contribution is -2.30. The van der Waals surface area contributed by atoms with E-state index < -0.39 is 0 Å². The van der Waals surface area contributed by atoms with Crippen LogP contribution >= 0.6 is 28.1 Å². The fraction of sp³-hybridized carbons (Fsp3) is 0.154. The summed E-state index contributed by atoms with van der Waals surface area (Å²) in [5, 5.41) is 4.10. The van der Waals surface area contributed by atoms with Crippen molar-refractivity contribution in [2.24, 2.45) is 0 Å². The third-order valence-electron chi connectivity index (χ3n) is 5.91. The van der Waals surface area contributed by atoms with E-state index in [-0.39, 0.29) is 12.1 Å². The predicted molar refractivity (Wildman–Crippen MR) is 141 cm³/mol. The van der Waals surface area contributed by atoms with Crippen molar-refractivity contribution in [3.05, 3.63) is 101 Å². The van der Waals surface area contributed by atoms with Crippen molar-refractivity contribution in [3.8, 4) is 17.2 Å². The Hall–Kier alpha value is -3.36. The van der Waals surface area contributed by atoms with Gasteiger partial charge in [-0.25, -0.2) is 0 Å². The Balaban J connectivity index is 1.71. The van der Waals surface area contributed by atoms with Crippen molar-refractivity contribution in [2.75, 3.05) is 19.1 Å². The average Bonchev–Trinajstić information content (AvgIpc) is 3.48. The second kappa shape index (κ2) is 9.48. The zero-order valence-corrected chi connectivity index (χ0v) is 21.1. The Morgan fingerprint density at radius 1 is 0.971 bits per heavy atom. The Kier molecular flexibility index (Phi) is 6.26. The number of rotatable bonds is 6. The van der Waals surface area contributed by atoms with Crippen LogP contribution in [0, 0.1) is 0 Å². The minimum absolute atomic E-state index is 0.176. The fourth-order valence-electron chi connectivity index (χ4n) is 4.40. The number of methoxy groups -OCH3 is 2. The summed E-state index contributed by atoms with van der Waals surface area (Å²) in [5.74, 6) is 1.43. The van der Waals surface area contributed by atoms with Crippen LogP contribution in [0.4, 0.5) is 5.69 Å². The monoisotopic (exact) mass is 534 g/mol. The van der Waals surface area contributed by atoms with E-state index in [9.17, 15) is 0 Å². The van der Waals surface area contributed by atoms with Crippen molar-refractivity contribution in [1.29, 1.82) is 0 Å². The molecule has 2 aromatic heterocycles. The molecule has 8 heteroatoms. The Morgan fingerprint density at radius 3 is 2.59 bits per heavy atom. The Bertz CT molecular complexity index is 1330. The highest BCUT2D eigenvalue weighted by Crippen LogP contribution is 2.46. The zero-order valence-electron chi connectivity index (χ0n) is 18.7. The molecular weight excluding hydrogens is 512 g/mol. The molecule has 6 nitrogen and oxygen atoms in total. The summed E-state index contributed by atoms with van der Waals surface area (Å²) in [6.45, 7) is 0. The van der Waals surface area contributed by atoms with Crippen LogP contribution in [0.15, 0.2) is 89.7 Å². The summed E-state index contributed by atoms with van der Waals surface area (Å²) < 4.78 is 14.4. The number of aromatic nitrogens is 2. The largest absolute Gasteiger partial charge is 0.497 e. The number of thiocarbonyl (C=S) groups is 1. The number of nitrogens with one attached hydrogen (secondary N) is 1. The van der Waals surface area contributed by atoms with E-state index in [0.29, 0.717) is 10.9 Å². The van der Waals surface area contributed by atoms with Gasteiger partial charge in [0.15, 0.2) is 5.11 Å². The molecule has 0 saturated carbocycles. The van der Waals surface area contributed by atoms with Crippen LogP contribution in [0.3, 0.4) is 0 Å². The number of benzene rings is 2. The number of pyridine rings is 1. The first-order valence-electron chi connectivity index (χ1n) is 10.8. The van der Waals surface area contributed by atoms with Gasteiger partial charge in [0.25, 0.3) is 0 Å². The maximum Gasteiger partial charge on any atom is 0.174 e. The maximum absolute atomic E-state index is 5.89. The van der Waals surface area contributed by atoms with Crippen LogP contribution in [0.25, 0.3) is 5.69 Å². The first kappa shape index (κ1) is 22.4. The first-order chi connectivity index (χ1) is 16.6. The molecule has 4 aromatic rings. The van der Waals surface area contributed by atoms with Crippen molar-refractivity contribution in [1.82, 2.24) is 14.9 Å². The molecule has 0 radical (unpaired) electrons.